The van der Waals surface area contributed by atoms with Gasteiger partial charge in [-0.05, 0) is 30.0 Å². The summed E-state index contributed by atoms with van der Waals surface area (Å²) in [5, 5.41) is 10.1. The Hall–Kier alpha value is -2.08. The highest BCUT2D eigenvalue weighted by atomic mass is 32.2. The summed E-state index contributed by atoms with van der Waals surface area (Å²) in [6.45, 7) is 0. The van der Waals surface area contributed by atoms with Gasteiger partial charge < -0.3 is 9.84 Å². The summed E-state index contributed by atoms with van der Waals surface area (Å²) in [5.41, 5.74) is 0.159. The number of nitrogens with zero attached hydrogens (tertiary/aromatic N) is 2. The number of rotatable bonds is 4. The number of hydrogen-bond donors (Lipinski definition) is 1. The first kappa shape index (κ1) is 12.4. The Morgan fingerprint density at radius 2 is 2.17 bits per heavy atom. The maximum Gasteiger partial charge on any atom is 0.338 e. The lowest BCUT2D eigenvalue weighted by atomic mass is 10.3. The van der Waals surface area contributed by atoms with Crippen molar-refractivity contribution < 1.29 is 14.6 Å². The van der Waals surface area contributed by atoms with Crippen molar-refractivity contribution in [2.75, 3.05) is 7.11 Å². The molecular formula is C12H10N2O3S. The summed E-state index contributed by atoms with van der Waals surface area (Å²) in [5.74, 6) is -0.527. The van der Waals surface area contributed by atoms with Crippen LogP contribution in [0, 0.1) is 0 Å². The molecule has 1 N–H and O–H groups in total. The van der Waals surface area contributed by atoms with Crippen LogP contribution in [-0.2, 0) is 0 Å². The van der Waals surface area contributed by atoms with Crippen molar-refractivity contribution in [3.05, 3.63) is 42.1 Å². The van der Waals surface area contributed by atoms with E-state index in [1.807, 2.05) is 0 Å². The summed E-state index contributed by atoms with van der Waals surface area (Å²) >= 11 is 1.19. The number of pyridine rings is 2. The van der Waals surface area contributed by atoms with Gasteiger partial charge >= 0.3 is 5.97 Å². The minimum absolute atomic E-state index is 0.159. The Morgan fingerprint density at radius 1 is 1.33 bits per heavy atom. The number of carboxylic acid groups (broad SMARTS) is 1. The van der Waals surface area contributed by atoms with E-state index in [4.69, 9.17) is 9.84 Å². The Kier molecular flexibility index (Phi) is 3.78. The second-order valence-corrected chi connectivity index (χ2v) is 4.29. The van der Waals surface area contributed by atoms with Gasteiger partial charge in [-0.1, -0.05) is 6.07 Å². The molecule has 0 radical (unpaired) electrons. The summed E-state index contributed by atoms with van der Waals surface area (Å²) in [4.78, 5) is 19.3. The summed E-state index contributed by atoms with van der Waals surface area (Å²) in [6.07, 6.45) is 1.55. The fraction of sp³-hybridized carbons (Fsp3) is 0.0833. The number of aromatic carboxylic acids is 1. The molecule has 0 aromatic carbocycles. The number of ether oxygens (including phenoxy) is 1. The zero-order chi connectivity index (χ0) is 13.0. The highest BCUT2D eigenvalue weighted by Crippen LogP contribution is 2.28. The second-order valence-electron chi connectivity index (χ2n) is 3.28. The standard InChI is InChI=1S/C12H10N2O3S/c1-17-9-5-2-6-10(14-9)18-11-8(12(15)16)4-3-7-13-11/h2-7H,1H3,(H,15,16). The molecule has 2 aromatic rings. The molecule has 92 valence electrons. The van der Waals surface area contributed by atoms with Crippen LogP contribution in [0.25, 0.3) is 0 Å². The number of carbonyl (C=O) groups is 1. The van der Waals surface area contributed by atoms with Gasteiger partial charge in [-0.25, -0.2) is 14.8 Å². The van der Waals surface area contributed by atoms with Crippen molar-refractivity contribution in [1.29, 1.82) is 0 Å². The zero-order valence-corrected chi connectivity index (χ0v) is 10.3. The van der Waals surface area contributed by atoms with Crippen molar-refractivity contribution in [2.45, 2.75) is 10.1 Å². The Morgan fingerprint density at radius 3 is 2.89 bits per heavy atom. The molecule has 2 aromatic heterocycles. The van der Waals surface area contributed by atoms with Crippen LogP contribution in [0.4, 0.5) is 0 Å². The minimum atomic E-state index is -1.01. The molecule has 2 heterocycles. The number of carboxylic acids is 1. The van der Waals surface area contributed by atoms with Crippen molar-refractivity contribution in [1.82, 2.24) is 9.97 Å². The molecule has 6 heteroatoms. The monoisotopic (exact) mass is 262 g/mol. The highest BCUT2D eigenvalue weighted by Gasteiger charge is 2.12. The van der Waals surface area contributed by atoms with Gasteiger partial charge in [0.2, 0.25) is 5.88 Å². The van der Waals surface area contributed by atoms with Crippen LogP contribution >= 0.6 is 11.8 Å². The molecule has 5 nitrogen and oxygen atoms in total. The molecule has 0 aliphatic rings. The summed E-state index contributed by atoms with van der Waals surface area (Å²) < 4.78 is 5.01. The third kappa shape index (κ3) is 2.78. The minimum Gasteiger partial charge on any atom is -0.481 e. The first-order valence-electron chi connectivity index (χ1n) is 5.08. The normalized spacial score (nSPS) is 10.1. The van der Waals surface area contributed by atoms with Crippen molar-refractivity contribution in [3.63, 3.8) is 0 Å². The van der Waals surface area contributed by atoms with E-state index in [0.717, 1.165) is 0 Å². The predicted molar refractivity (Wildman–Crippen MR) is 66.1 cm³/mol. The zero-order valence-electron chi connectivity index (χ0n) is 9.53. The van der Waals surface area contributed by atoms with E-state index in [2.05, 4.69) is 9.97 Å². The molecule has 2 rings (SSSR count). The van der Waals surface area contributed by atoms with Gasteiger partial charge in [0.15, 0.2) is 0 Å². The van der Waals surface area contributed by atoms with Crippen LogP contribution < -0.4 is 4.74 Å². The van der Waals surface area contributed by atoms with Crippen LogP contribution in [-0.4, -0.2) is 28.2 Å². The number of hydrogen-bond acceptors (Lipinski definition) is 5. The van der Waals surface area contributed by atoms with Gasteiger partial charge in [-0.15, -0.1) is 0 Å². The molecule has 0 atom stereocenters. The highest BCUT2D eigenvalue weighted by molar-refractivity contribution is 7.99. The van der Waals surface area contributed by atoms with Crippen molar-refractivity contribution >= 4 is 17.7 Å². The predicted octanol–water partition coefficient (Wildman–Crippen LogP) is 2.33. The molecule has 0 saturated carbocycles. The molecule has 0 amide bonds. The van der Waals surface area contributed by atoms with Gasteiger partial charge in [0.25, 0.3) is 0 Å². The molecule has 0 bridgehead atoms. The molecule has 0 fully saturated rings. The maximum atomic E-state index is 11.0. The van der Waals surface area contributed by atoms with Gasteiger partial charge in [0, 0.05) is 12.3 Å². The Labute approximate surface area is 108 Å². The fourth-order valence-electron chi connectivity index (χ4n) is 1.30. The molecule has 0 saturated heterocycles. The lowest BCUT2D eigenvalue weighted by molar-refractivity contribution is 0.0692. The topological polar surface area (TPSA) is 72.3 Å². The van der Waals surface area contributed by atoms with E-state index < -0.39 is 5.97 Å². The van der Waals surface area contributed by atoms with Crippen LogP contribution in [0.15, 0.2) is 46.6 Å². The van der Waals surface area contributed by atoms with E-state index in [1.54, 1.807) is 30.5 Å². The van der Waals surface area contributed by atoms with Crippen LogP contribution in [0.3, 0.4) is 0 Å². The van der Waals surface area contributed by atoms with Gasteiger partial charge in [0.1, 0.15) is 10.1 Å². The Balaban J connectivity index is 2.31. The lowest BCUT2D eigenvalue weighted by Gasteiger charge is -2.04. The number of methoxy groups -OCH3 is 1. The van der Waals surface area contributed by atoms with E-state index >= 15 is 0 Å². The molecule has 0 unspecified atom stereocenters. The van der Waals surface area contributed by atoms with Gasteiger partial charge in [-0.2, -0.15) is 0 Å². The van der Waals surface area contributed by atoms with Crippen molar-refractivity contribution in [3.8, 4) is 5.88 Å². The van der Waals surface area contributed by atoms with E-state index in [0.29, 0.717) is 15.9 Å². The van der Waals surface area contributed by atoms with Gasteiger partial charge in [-0.3, -0.25) is 0 Å². The SMILES string of the molecule is COc1cccc(Sc2ncccc2C(=O)O)n1. The maximum absolute atomic E-state index is 11.0. The molecule has 0 aliphatic heterocycles. The third-order valence-corrected chi connectivity index (χ3v) is 3.07. The quantitative estimate of drug-likeness (QED) is 0.911. The second kappa shape index (κ2) is 5.50. The first-order valence-corrected chi connectivity index (χ1v) is 5.89. The van der Waals surface area contributed by atoms with Gasteiger partial charge in [0.05, 0.1) is 12.7 Å². The summed E-state index contributed by atoms with van der Waals surface area (Å²) in [6, 6.07) is 8.38. The van der Waals surface area contributed by atoms with Crippen LogP contribution in [0.2, 0.25) is 0 Å². The Bertz CT molecular complexity index is 575. The average Bonchev–Trinajstić information content (AvgIpc) is 2.39. The summed E-state index contributed by atoms with van der Waals surface area (Å²) in [7, 11) is 1.53. The number of aromatic nitrogens is 2. The smallest absolute Gasteiger partial charge is 0.338 e. The fourth-order valence-corrected chi connectivity index (χ4v) is 2.16. The molecule has 18 heavy (non-hydrogen) atoms. The van der Waals surface area contributed by atoms with Crippen LogP contribution in [0.1, 0.15) is 10.4 Å². The third-order valence-electron chi connectivity index (χ3n) is 2.11. The first-order chi connectivity index (χ1) is 8.70. The molecule has 0 spiro atoms. The van der Waals surface area contributed by atoms with Crippen molar-refractivity contribution in [2.24, 2.45) is 0 Å². The largest absolute Gasteiger partial charge is 0.481 e. The lowest BCUT2D eigenvalue weighted by Crippen LogP contribution is -2.00. The average molecular weight is 262 g/mol. The molecule has 0 aliphatic carbocycles. The van der Waals surface area contributed by atoms with E-state index in [-0.39, 0.29) is 5.56 Å². The van der Waals surface area contributed by atoms with E-state index in [1.165, 1.54) is 24.9 Å². The molecular weight excluding hydrogens is 252 g/mol. The van der Waals surface area contributed by atoms with Crippen LogP contribution in [0.5, 0.6) is 5.88 Å². The van der Waals surface area contributed by atoms with E-state index in [9.17, 15) is 4.79 Å².